The van der Waals surface area contributed by atoms with E-state index in [1.165, 1.54) is 18.2 Å². The normalized spacial score (nSPS) is 11.1. The molecule has 1 amide bonds. The Morgan fingerprint density at radius 1 is 0.935 bits per heavy atom. The molecule has 0 aliphatic heterocycles. The molecule has 0 aliphatic carbocycles. The molecular weight excluding hydrogens is 412 g/mol. The maximum absolute atomic E-state index is 12.8. The first-order valence-corrected chi connectivity index (χ1v) is 11.4. The zero-order valence-corrected chi connectivity index (χ0v) is 18.6. The smallest absolute Gasteiger partial charge is 0.261 e. The van der Waals surface area contributed by atoms with Crippen molar-refractivity contribution in [1.82, 2.24) is 4.90 Å². The van der Waals surface area contributed by atoms with E-state index in [2.05, 4.69) is 10.8 Å². The van der Waals surface area contributed by atoms with Gasteiger partial charge in [0.1, 0.15) is 12.4 Å². The van der Waals surface area contributed by atoms with E-state index in [4.69, 9.17) is 4.74 Å². The fourth-order valence-corrected chi connectivity index (χ4v) is 4.24. The number of nitrogens with one attached hydrogen (secondary N) is 1. The first-order chi connectivity index (χ1) is 14.7. The number of hydrogen-bond donors (Lipinski definition) is 1. The molecule has 7 heteroatoms. The number of nitrogens with zero attached hydrogens (tertiary/aromatic N) is 1. The summed E-state index contributed by atoms with van der Waals surface area (Å²) >= 11 is 0. The zero-order chi connectivity index (χ0) is 22.4. The Morgan fingerprint density at radius 2 is 1.61 bits per heavy atom. The summed E-state index contributed by atoms with van der Waals surface area (Å²) in [6, 6.07) is 20.5. The van der Waals surface area contributed by atoms with E-state index in [0.717, 1.165) is 16.9 Å². The highest BCUT2D eigenvalue weighted by molar-refractivity contribution is 7.92. The topological polar surface area (TPSA) is 75.7 Å². The SMILES string of the molecule is Cc1cc(C)cc(OCCN(C)C(=O)c2cccc(NS(=O)(=O)c3ccccc3)c2)c1. The molecule has 1 N–H and O–H groups in total. The Labute approximate surface area is 183 Å². The van der Waals surface area contributed by atoms with Gasteiger partial charge in [-0.3, -0.25) is 9.52 Å². The molecule has 162 valence electrons. The van der Waals surface area contributed by atoms with Gasteiger partial charge < -0.3 is 9.64 Å². The fourth-order valence-electron chi connectivity index (χ4n) is 3.17. The van der Waals surface area contributed by atoms with Crippen molar-refractivity contribution in [2.75, 3.05) is 24.9 Å². The van der Waals surface area contributed by atoms with Crippen molar-refractivity contribution < 1.29 is 17.9 Å². The van der Waals surface area contributed by atoms with Crippen LogP contribution in [0.1, 0.15) is 21.5 Å². The summed E-state index contributed by atoms with van der Waals surface area (Å²) in [5, 5.41) is 0. The van der Waals surface area contributed by atoms with Crippen LogP contribution < -0.4 is 9.46 Å². The van der Waals surface area contributed by atoms with Crippen molar-refractivity contribution >= 4 is 21.6 Å². The molecule has 0 fully saturated rings. The van der Waals surface area contributed by atoms with E-state index < -0.39 is 10.0 Å². The van der Waals surface area contributed by atoms with Crippen LogP contribution in [-0.4, -0.2) is 39.4 Å². The molecule has 0 heterocycles. The van der Waals surface area contributed by atoms with Gasteiger partial charge >= 0.3 is 0 Å². The molecule has 0 aliphatic rings. The van der Waals surface area contributed by atoms with Crippen LogP contribution in [0.25, 0.3) is 0 Å². The summed E-state index contributed by atoms with van der Waals surface area (Å²) in [5.41, 5.74) is 2.96. The summed E-state index contributed by atoms with van der Waals surface area (Å²) in [7, 11) is -2.03. The van der Waals surface area contributed by atoms with E-state index in [0.29, 0.717) is 24.4 Å². The average Bonchev–Trinajstić information content (AvgIpc) is 2.73. The third-order valence-corrected chi connectivity index (χ3v) is 6.05. The predicted octanol–water partition coefficient (Wildman–Crippen LogP) is 4.26. The molecule has 31 heavy (non-hydrogen) atoms. The Kier molecular flexibility index (Phi) is 6.97. The maximum Gasteiger partial charge on any atom is 0.261 e. The maximum atomic E-state index is 12.8. The van der Waals surface area contributed by atoms with Crippen molar-refractivity contribution in [3.63, 3.8) is 0 Å². The Morgan fingerprint density at radius 3 is 2.29 bits per heavy atom. The van der Waals surface area contributed by atoms with Crippen molar-refractivity contribution in [1.29, 1.82) is 0 Å². The lowest BCUT2D eigenvalue weighted by Crippen LogP contribution is -2.31. The van der Waals surface area contributed by atoms with Crippen LogP contribution in [0.5, 0.6) is 5.75 Å². The highest BCUT2D eigenvalue weighted by Gasteiger charge is 2.16. The molecule has 0 unspecified atom stereocenters. The van der Waals surface area contributed by atoms with E-state index >= 15 is 0 Å². The van der Waals surface area contributed by atoms with Gasteiger partial charge in [-0.25, -0.2) is 8.42 Å². The van der Waals surface area contributed by atoms with Gasteiger partial charge in [0.2, 0.25) is 0 Å². The number of carbonyl (C=O) groups is 1. The molecule has 0 atom stereocenters. The number of ether oxygens (including phenoxy) is 1. The first kappa shape index (κ1) is 22.4. The highest BCUT2D eigenvalue weighted by atomic mass is 32.2. The van der Waals surface area contributed by atoms with Gasteiger partial charge in [0.25, 0.3) is 15.9 Å². The largest absolute Gasteiger partial charge is 0.492 e. The minimum absolute atomic E-state index is 0.160. The number of anilines is 1. The van der Waals surface area contributed by atoms with E-state index in [1.54, 1.807) is 48.3 Å². The third-order valence-electron chi connectivity index (χ3n) is 4.65. The second kappa shape index (κ2) is 9.66. The molecule has 3 rings (SSSR count). The minimum Gasteiger partial charge on any atom is -0.492 e. The van der Waals surface area contributed by atoms with E-state index in [-0.39, 0.29) is 10.8 Å². The quantitative estimate of drug-likeness (QED) is 0.570. The van der Waals surface area contributed by atoms with Crippen LogP contribution in [0.2, 0.25) is 0 Å². The van der Waals surface area contributed by atoms with Gasteiger partial charge in [-0.1, -0.05) is 30.3 Å². The van der Waals surface area contributed by atoms with Crippen LogP contribution >= 0.6 is 0 Å². The van der Waals surface area contributed by atoms with E-state index in [1.807, 2.05) is 26.0 Å². The Bertz CT molecular complexity index is 1140. The molecule has 0 bridgehead atoms. The van der Waals surface area contributed by atoms with Crippen molar-refractivity contribution in [3.05, 3.63) is 89.5 Å². The molecule has 0 radical (unpaired) electrons. The monoisotopic (exact) mass is 438 g/mol. The lowest BCUT2D eigenvalue weighted by Gasteiger charge is -2.18. The van der Waals surface area contributed by atoms with Crippen LogP contribution in [0.15, 0.2) is 77.7 Å². The molecule has 3 aromatic rings. The number of amides is 1. The van der Waals surface area contributed by atoms with Crippen LogP contribution in [0.4, 0.5) is 5.69 Å². The number of carbonyl (C=O) groups excluding carboxylic acids is 1. The second-order valence-electron chi connectivity index (χ2n) is 7.40. The summed E-state index contributed by atoms with van der Waals surface area (Å²) in [5.74, 6) is 0.556. The van der Waals surface area contributed by atoms with Crippen molar-refractivity contribution in [2.45, 2.75) is 18.7 Å². The zero-order valence-electron chi connectivity index (χ0n) is 17.8. The Balaban J connectivity index is 1.62. The summed E-state index contributed by atoms with van der Waals surface area (Å²) in [4.78, 5) is 14.5. The minimum atomic E-state index is -3.72. The number of aryl methyl sites for hydroxylation is 2. The molecule has 0 spiro atoms. The molecule has 0 saturated heterocycles. The fraction of sp³-hybridized carbons (Fsp3) is 0.208. The van der Waals surface area contributed by atoms with Crippen LogP contribution in [-0.2, 0) is 10.0 Å². The summed E-state index contributed by atoms with van der Waals surface area (Å²) in [6.07, 6.45) is 0. The van der Waals surface area contributed by atoms with Gasteiger partial charge in [-0.05, 0) is 67.4 Å². The molecule has 6 nitrogen and oxygen atoms in total. The van der Waals surface area contributed by atoms with Gasteiger partial charge in [-0.15, -0.1) is 0 Å². The molecule has 0 aromatic heterocycles. The molecular formula is C24H26N2O4S. The number of sulfonamides is 1. The average molecular weight is 439 g/mol. The number of likely N-dealkylation sites (N-methyl/N-ethyl adjacent to an activating group) is 1. The lowest BCUT2D eigenvalue weighted by atomic mass is 10.1. The summed E-state index contributed by atoms with van der Waals surface area (Å²) in [6.45, 7) is 4.76. The van der Waals surface area contributed by atoms with Crippen molar-refractivity contribution in [3.8, 4) is 5.75 Å². The van der Waals surface area contributed by atoms with Crippen LogP contribution in [0, 0.1) is 13.8 Å². The van der Waals surface area contributed by atoms with Crippen molar-refractivity contribution in [2.24, 2.45) is 0 Å². The number of benzene rings is 3. The predicted molar refractivity (Wildman–Crippen MR) is 122 cm³/mol. The molecule has 0 saturated carbocycles. The lowest BCUT2D eigenvalue weighted by molar-refractivity contribution is 0.0773. The number of rotatable bonds is 8. The second-order valence-corrected chi connectivity index (χ2v) is 9.08. The first-order valence-electron chi connectivity index (χ1n) is 9.89. The Hall–Kier alpha value is -3.32. The van der Waals surface area contributed by atoms with Gasteiger partial charge in [-0.2, -0.15) is 0 Å². The van der Waals surface area contributed by atoms with E-state index in [9.17, 15) is 13.2 Å². The standard InChI is InChI=1S/C24H26N2O4S/c1-18-14-19(2)16-22(15-18)30-13-12-26(3)24(27)20-8-7-9-21(17-20)25-31(28,29)23-10-5-4-6-11-23/h4-11,14-17,25H,12-13H2,1-3H3. The van der Waals surface area contributed by atoms with Crippen LogP contribution in [0.3, 0.4) is 0 Å². The third kappa shape index (κ3) is 6.08. The van der Waals surface area contributed by atoms with Gasteiger partial charge in [0, 0.05) is 18.3 Å². The van der Waals surface area contributed by atoms with Gasteiger partial charge in [0.05, 0.1) is 11.4 Å². The number of hydrogen-bond acceptors (Lipinski definition) is 4. The summed E-state index contributed by atoms with van der Waals surface area (Å²) < 4.78 is 33.3. The highest BCUT2D eigenvalue weighted by Crippen LogP contribution is 2.19. The molecule has 3 aromatic carbocycles. The van der Waals surface area contributed by atoms with Gasteiger partial charge in [0.15, 0.2) is 0 Å².